The highest BCUT2D eigenvalue weighted by molar-refractivity contribution is 6.29. The fourth-order valence-corrected chi connectivity index (χ4v) is 1.38. The summed E-state index contributed by atoms with van der Waals surface area (Å²) in [5, 5.41) is 4.49. The van der Waals surface area contributed by atoms with Crippen LogP contribution in [0.2, 0.25) is 5.15 Å². The van der Waals surface area contributed by atoms with E-state index in [2.05, 4.69) is 35.8 Å². The van der Waals surface area contributed by atoms with Gasteiger partial charge in [0.25, 0.3) is 5.78 Å². The highest BCUT2D eigenvalue weighted by Crippen LogP contribution is 2.23. The van der Waals surface area contributed by atoms with Gasteiger partial charge in [-0.05, 0) is 6.07 Å². The lowest BCUT2D eigenvalue weighted by Gasteiger charge is -2.17. The fourth-order valence-electron chi connectivity index (χ4n) is 1.16. The maximum atomic E-state index is 6.03. The van der Waals surface area contributed by atoms with Crippen LogP contribution < -0.4 is 0 Å². The van der Waals surface area contributed by atoms with Crippen LogP contribution in [0.3, 0.4) is 0 Å². The molecule has 2 rings (SSSR count). The summed E-state index contributed by atoms with van der Waals surface area (Å²) in [4.78, 5) is 8.38. The molecule has 0 N–H and O–H groups in total. The van der Waals surface area contributed by atoms with Gasteiger partial charge >= 0.3 is 0 Å². The molecule has 0 amide bonds. The second kappa shape index (κ2) is 2.92. The number of nitrogens with zero attached hydrogens (tertiary/aromatic N) is 4. The van der Waals surface area contributed by atoms with Gasteiger partial charge in [0.1, 0.15) is 11.5 Å². The summed E-state index contributed by atoms with van der Waals surface area (Å²) in [6.45, 7) is 6.25. The first-order chi connectivity index (χ1) is 6.48. The van der Waals surface area contributed by atoms with Crippen LogP contribution in [-0.4, -0.2) is 19.6 Å². The molecule has 0 fully saturated rings. The van der Waals surface area contributed by atoms with Crippen LogP contribution >= 0.6 is 11.6 Å². The topological polar surface area (TPSA) is 43.1 Å². The van der Waals surface area contributed by atoms with Crippen LogP contribution in [0, 0.1) is 0 Å². The third-order valence-electron chi connectivity index (χ3n) is 1.98. The number of aromatic nitrogens is 4. The highest BCUT2D eigenvalue weighted by Gasteiger charge is 2.18. The number of fused-ring (bicyclic) bond motifs is 1. The number of rotatable bonds is 0. The number of hydrogen-bond donors (Lipinski definition) is 0. The average molecular weight is 211 g/mol. The zero-order valence-electron chi connectivity index (χ0n) is 8.32. The summed E-state index contributed by atoms with van der Waals surface area (Å²) in [5.74, 6) is 0.544. The third-order valence-corrected chi connectivity index (χ3v) is 2.25. The van der Waals surface area contributed by atoms with Crippen molar-refractivity contribution in [3.63, 3.8) is 0 Å². The predicted octanol–water partition coefficient (Wildman–Crippen LogP) is 2.08. The van der Waals surface area contributed by atoms with Gasteiger partial charge in [-0.1, -0.05) is 32.4 Å². The van der Waals surface area contributed by atoms with Crippen molar-refractivity contribution in [1.29, 1.82) is 0 Å². The average Bonchev–Trinajstić information content (AvgIpc) is 2.50. The van der Waals surface area contributed by atoms with E-state index in [4.69, 9.17) is 11.6 Å². The molecule has 0 saturated heterocycles. The van der Waals surface area contributed by atoms with E-state index in [-0.39, 0.29) is 5.41 Å². The lowest BCUT2D eigenvalue weighted by atomic mass is 9.92. The molecule has 0 aliphatic rings. The smallest absolute Gasteiger partial charge is 0.215 e. The molecular formula is C9H11ClN4. The Bertz CT molecular complexity index is 469. The molecule has 5 heteroatoms. The minimum Gasteiger partial charge on any atom is -0.215 e. The molecule has 4 nitrogen and oxygen atoms in total. The van der Waals surface area contributed by atoms with E-state index in [9.17, 15) is 0 Å². The fraction of sp³-hybridized carbons (Fsp3) is 0.444. The van der Waals surface area contributed by atoms with Crippen molar-refractivity contribution in [3.8, 4) is 0 Å². The molecule has 74 valence electrons. The molecule has 14 heavy (non-hydrogen) atoms. The standard InChI is InChI=1S/C9H11ClN4/c1-9(2,3)6-4-7(10)14-8(13-6)11-5-12-14/h4-5H,1-3H3. The SMILES string of the molecule is CC(C)(C)c1cc(Cl)n2ncnc2n1. The van der Waals surface area contributed by atoms with Gasteiger partial charge in [0.15, 0.2) is 0 Å². The van der Waals surface area contributed by atoms with Gasteiger partial charge in [0.05, 0.1) is 5.69 Å². The van der Waals surface area contributed by atoms with E-state index in [1.807, 2.05) is 6.07 Å². The second-order valence-corrected chi connectivity index (χ2v) is 4.57. The lowest BCUT2D eigenvalue weighted by molar-refractivity contribution is 0.567. The molecule has 2 heterocycles. The minimum absolute atomic E-state index is 0.0304. The maximum Gasteiger partial charge on any atom is 0.253 e. The van der Waals surface area contributed by atoms with Crippen LogP contribution in [0.4, 0.5) is 0 Å². The minimum atomic E-state index is -0.0304. The molecule has 0 spiro atoms. The van der Waals surface area contributed by atoms with Gasteiger partial charge in [0, 0.05) is 5.41 Å². The summed E-state index contributed by atoms with van der Waals surface area (Å²) >= 11 is 6.03. The van der Waals surface area contributed by atoms with Crippen molar-refractivity contribution < 1.29 is 0 Å². The Kier molecular flexibility index (Phi) is 1.96. The summed E-state index contributed by atoms with van der Waals surface area (Å²) in [5.41, 5.74) is 0.889. The van der Waals surface area contributed by atoms with Crippen LogP contribution in [-0.2, 0) is 5.41 Å². The molecule has 0 radical (unpaired) electrons. The first-order valence-corrected chi connectivity index (χ1v) is 4.73. The molecule has 0 aromatic carbocycles. The van der Waals surface area contributed by atoms with Gasteiger partial charge in [-0.25, -0.2) is 4.98 Å². The van der Waals surface area contributed by atoms with Crippen molar-refractivity contribution in [2.45, 2.75) is 26.2 Å². The van der Waals surface area contributed by atoms with Crippen molar-refractivity contribution in [3.05, 3.63) is 23.2 Å². The van der Waals surface area contributed by atoms with E-state index in [1.165, 1.54) is 10.8 Å². The summed E-state index contributed by atoms with van der Waals surface area (Å²) in [6.07, 6.45) is 1.45. The Balaban J connectivity index is 2.70. The first kappa shape index (κ1) is 9.40. The molecular weight excluding hydrogens is 200 g/mol. The van der Waals surface area contributed by atoms with E-state index in [1.54, 1.807) is 0 Å². The predicted molar refractivity (Wildman–Crippen MR) is 54.5 cm³/mol. The number of halogens is 1. The molecule has 0 aliphatic heterocycles. The van der Waals surface area contributed by atoms with Crippen LogP contribution in [0.5, 0.6) is 0 Å². The van der Waals surface area contributed by atoms with Crippen molar-refractivity contribution in [2.24, 2.45) is 0 Å². The molecule has 0 aliphatic carbocycles. The van der Waals surface area contributed by atoms with Crippen LogP contribution in [0.15, 0.2) is 12.4 Å². The summed E-state index contributed by atoms with van der Waals surface area (Å²) < 4.78 is 1.51. The third kappa shape index (κ3) is 1.46. The lowest BCUT2D eigenvalue weighted by Crippen LogP contribution is -2.14. The van der Waals surface area contributed by atoms with Gasteiger partial charge in [0.2, 0.25) is 0 Å². The summed E-state index contributed by atoms with van der Waals surface area (Å²) in [7, 11) is 0. The molecule has 2 aromatic heterocycles. The Hall–Kier alpha value is -1.16. The van der Waals surface area contributed by atoms with Gasteiger partial charge in [-0.3, -0.25) is 0 Å². The van der Waals surface area contributed by atoms with E-state index in [0.717, 1.165) is 5.69 Å². The van der Waals surface area contributed by atoms with Gasteiger partial charge in [-0.15, -0.1) is 0 Å². The Labute approximate surface area is 86.9 Å². The Morgan fingerprint density at radius 3 is 2.71 bits per heavy atom. The van der Waals surface area contributed by atoms with E-state index in [0.29, 0.717) is 10.9 Å². The molecule has 0 bridgehead atoms. The van der Waals surface area contributed by atoms with E-state index < -0.39 is 0 Å². The van der Waals surface area contributed by atoms with E-state index >= 15 is 0 Å². The Morgan fingerprint density at radius 2 is 2.07 bits per heavy atom. The van der Waals surface area contributed by atoms with Crippen molar-refractivity contribution in [1.82, 2.24) is 19.6 Å². The van der Waals surface area contributed by atoms with Gasteiger partial charge < -0.3 is 0 Å². The first-order valence-electron chi connectivity index (χ1n) is 4.35. The van der Waals surface area contributed by atoms with Crippen LogP contribution in [0.1, 0.15) is 26.5 Å². The quantitative estimate of drug-likeness (QED) is 0.626. The zero-order valence-corrected chi connectivity index (χ0v) is 9.08. The second-order valence-electron chi connectivity index (χ2n) is 4.19. The highest BCUT2D eigenvalue weighted by atomic mass is 35.5. The largest absolute Gasteiger partial charge is 0.253 e. The molecule has 0 unspecified atom stereocenters. The van der Waals surface area contributed by atoms with Crippen molar-refractivity contribution >= 4 is 17.4 Å². The Morgan fingerprint density at radius 1 is 1.36 bits per heavy atom. The zero-order chi connectivity index (χ0) is 10.3. The maximum absolute atomic E-state index is 6.03. The van der Waals surface area contributed by atoms with Crippen molar-refractivity contribution in [2.75, 3.05) is 0 Å². The summed E-state index contributed by atoms with van der Waals surface area (Å²) in [6, 6.07) is 1.82. The molecule has 0 saturated carbocycles. The van der Waals surface area contributed by atoms with Gasteiger partial charge in [-0.2, -0.15) is 14.6 Å². The molecule has 0 atom stereocenters. The normalized spacial score (nSPS) is 12.3. The van der Waals surface area contributed by atoms with Crippen LogP contribution in [0.25, 0.3) is 5.78 Å². The molecule has 2 aromatic rings. The number of hydrogen-bond acceptors (Lipinski definition) is 3. The monoisotopic (exact) mass is 210 g/mol.